The zero-order chi connectivity index (χ0) is 10.6. The summed E-state index contributed by atoms with van der Waals surface area (Å²) in [7, 11) is 0. The van der Waals surface area contributed by atoms with Crippen LogP contribution < -0.4 is 16.0 Å². The molecule has 0 aliphatic rings. The molecule has 4 nitrogen and oxygen atoms in total. The summed E-state index contributed by atoms with van der Waals surface area (Å²) in [6, 6.07) is 2.78. The standard InChI is InChI=1S/C8H8F2N2O2/c9-5-1-2-7(6(10)3-5)14-4-8(13)12-11/h1-3H,4,11H2,(H,12,13). The van der Waals surface area contributed by atoms with E-state index in [0.29, 0.717) is 6.07 Å². The lowest BCUT2D eigenvalue weighted by Gasteiger charge is -2.05. The minimum atomic E-state index is -0.866. The molecule has 1 aromatic rings. The largest absolute Gasteiger partial charge is 0.481 e. The van der Waals surface area contributed by atoms with E-state index in [1.54, 1.807) is 5.43 Å². The fraction of sp³-hybridized carbons (Fsp3) is 0.125. The highest BCUT2D eigenvalue weighted by Crippen LogP contribution is 2.17. The number of carbonyl (C=O) groups excluding carboxylic acids is 1. The molecule has 0 spiro atoms. The number of hydrazine groups is 1. The average Bonchev–Trinajstić information content (AvgIpc) is 2.16. The first-order valence-electron chi connectivity index (χ1n) is 3.71. The number of hydrogen-bond donors (Lipinski definition) is 2. The van der Waals surface area contributed by atoms with Crippen molar-refractivity contribution in [1.29, 1.82) is 0 Å². The summed E-state index contributed by atoms with van der Waals surface area (Å²) in [5.74, 6) is 2.39. The third-order valence-corrected chi connectivity index (χ3v) is 1.41. The number of rotatable bonds is 3. The zero-order valence-electron chi connectivity index (χ0n) is 7.09. The summed E-state index contributed by atoms with van der Waals surface area (Å²) in [5, 5.41) is 0. The van der Waals surface area contributed by atoms with Gasteiger partial charge in [0.1, 0.15) is 5.82 Å². The van der Waals surface area contributed by atoms with Crippen LogP contribution in [0.5, 0.6) is 5.75 Å². The Morgan fingerprint density at radius 2 is 2.21 bits per heavy atom. The van der Waals surface area contributed by atoms with Gasteiger partial charge in [-0.3, -0.25) is 10.2 Å². The summed E-state index contributed by atoms with van der Waals surface area (Å²) < 4.78 is 30.0. The SMILES string of the molecule is NNC(=O)COc1ccc(F)cc1F. The van der Waals surface area contributed by atoms with Gasteiger partial charge in [-0.05, 0) is 12.1 Å². The van der Waals surface area contributed by atoms with Gasteiger partial charge in [0.25, 0.3) is 5.91 Å². The van der Waals surface area contributed by atoms with E-state index in [4.69, 9.17) is 10.6 Å². The van der Waals surface area contributed by atoms with Crippen molar-refractivity contribution in [2.24, 2.45) is 5.84 Å². The fourth-order valence-electron chi connectivity index (χ4n) is 0.777. The van der Waals surface area contributed by atoms with Gasteiger partial charge < -0.3 is 4.74 Å². The van der Waals surface area contributed by atoms with Crippen LogP contribution in [0.25, 0.3) is 0 Å². The maximum Gasteiger partial charge on any atom is 0.271 e. The maximum atomic E-state index is 12.9. The molecule has 0 saturated heterocycles. The maximum absolute atomic E-state index is 12.9. The van der Waals surface area contributed by atoms with Crippen LogP contribution in [0.1, 0.15) is 0 Å². The molecule has 0 bridgehead atoms. The predicted octanol–water partition coefficient (Wildman–Crippen LogP) is 0.334. The van der Waals surface area contributed by atoms with Gasteiger partial charge in [0.05, 0.1) is 0 Å². The van der Waals surface area contributed by atoms with Crippen molar-refractivity contribution in [3.8, 4) is 5.75 Å². The number of carbonyl (C=O) groups is 1. The Balaban J connectivity index is 2.63. The lowest BCUT2D eigenvalue weighted by molar-refractivity contribution is -0.123. The lowest BCUT2D eigenvalue weighted by Crippen LogP contribution is -2.34. The van der Waals surface area contributed by atoms with Crippen molar-refractivity contribution in [3.05, 3.63) is 29.8 Å². The number of benzene rings is 1. The van der Waals surface area contributed by atoms with Crippen molar-refractivity contribution < 1.29 is 18.3 Å². The monoisotopic (exact) mass is 202 g/mol. The molecule has 3 N–H and O–H groups in total. The van der Waals surface area contributed by atoms with Crippen molar-refractivity contribution in [3.63, 3.8) is 0 Å². The highest BCUT2D eigenvalue weighted by molar-refractivity contribution is 5.76. The van der Waals surface area contributed by atoms with E-state index < -0.39 is 24.1 Å². The molecule has 0 heterocycles. The van der Waals surface area contributed by atoms with Gasteiger partial charge in [-0.15, -0.1) is 0 Å². The molecule has 0 radical (unpaired) electrons. The Bertz CT molecular complexity index is 344. The molecule has 0 atom stereocenters. The highest BCUT2D eigenvalue weighted by atomic mass is 19.1. The highest BCUT2D eigenvalue weighted by Gasteiger charge is 2.06. The first-order valence-corrected chi connectivity index (χ1v) is 3.71. The topological polar surface area (TPSA) is 64.3 Å². The van der Waals surface area contributed by atoms with Crippen molar-refractivity contribution in [2.75, 3.05) is 6.61 Å². The molecule has 14 heavy (non-hydrogen) atoms. The lowest BCUT2D eigenvalue weighted by atomic mass is 10.3. The molecular formula is C8H8F2N2O2. The fourth-order valence-corrected chi connectivity index (χ4v) is 0.777. The smallest absolute Gasteiger partial charge is 0.271 e. The van der Waals surface area contributed by atoms with Crippen LogP contribution in [-0.4, -0.2) is 12.5 Å². The Morgan fingerprint density at radius 3 is 2.79 bits per heavy atom. The predicted molar refractivity (Wildman–Crippen MR) is 44.2 cm³/mol. The molecule has 76 valence electrons. The minimum absolute atomic E-state index is 0.199. The molecule has 0 unspecified atom stereocenters. The molecule has 0 aliphatic carbocycles. The quantitative estimate of drug-likeness (QED) is 0.422. The normalized spacial score (nSPS) is 9.64. The summed E-state index contributed by atoms with van der Waals surface area (Å²) >= 11 is 0. The summed E-state index contributed by atoms with van der Waals surface area (Å²) in [6.45, 7) is -0.418. The molecule has 0 aliphatic heterocycles. The van der Waals surface area contributed by atoms with Gasteiger partial charge in [-0.25, -0.2) is 14.6 Å². The Hall–Kier alpha value is -1.69. The molecular weight excluding hydrogens is 194 g/mol. The molecule has 0 fully saturated rings. The Morgan fingerprint density at radius 1 is 1.50 bits per heavy atom. The number of ether oxygens (including phenoxy) is 1. The summed E-state index contributed by atoms with van der Waals surface area (Å²) in [5.41, 5.74) is 1.81. The summed E-state index contributed by atoms with van der Waals surface area (Å²) in [4.78, 5) is 10.6. The molecule has 1 rings (SSSR count). The van der Waals surface area contributed by atoms with Crippen LogP contribution in [-0.2, 0) is 4.79 Å². The van der Waals surface area contributed by atoms with Gasteiger partial charge in [-0.1, -0.05) is 0 Å². The van der Waals surface area contributed by atoms with E-state index in [1.165, 1.54) is 0 Å². The number of halogens is 2. The van der Waals surface area contributed by atoms with Crippen molar-refractivity contribution in [2.45, 2.75) is 0 Å². The second-order valence-corrected chi connectivity index (χ2v) is 2.43. The van der Waals surface area contributed by atoms with Crippen LogP contribution in [0, 0.1) is 11.6 Å². The van der Waals surface area contributed by atoms with Crippen LogP contribution in [0.4, 0.5) is 8.78 Å². The third-order valence-electron chi connectivity index (χ3n) is 1.41. The van der Waals surface area contributed by atoms with Crippen molar-refractivity contribution >= 4 is 5.91 Å². The summed E-state index contributed by atoms with van der Waals surface area (Å²) in [6.07, 6.45) is 0. The molecule has 1 aromatic carbocycles. The van der Waals surface area contributed by atoms with Gasteiger partial charge >= 0.3 is 0 Å². The number of nitrogens with one attached hydrogen (secondary N) is 1. The van der Waals surface area contributed by atoms with E-state index in [9.17, 15) is 13.6 Å². The Kier molecular flexibility index (Phi) is 3.35. The van der Waals surface area contributed by atoms with E-state index in [2.05, 4.69) is 0 Å². The van der Waals surface area contributed by atoms with Crippen LogP contribution in [0.3, 0.4) is 0 Å². The first-order chi connectivity index (χ1) is 6.63. The number of hydrogen-bond acceptors (Lipinski definition) is 3. The Labute approximate surface area is 78.6 Å². The average molecular weight is 202 g/mol. The second kappa shape index (κ2) is 4.52. The molecule has 0 saturated carbocycles. The molecule has 0 aromatic heterocycles. The van der Waals surface area contributed by atoms with Gasteiger partial charge in [0.2, 0.25) is 0 Å². The number of nitrogens with two attached hydrogens (primary N) is 1. The third kappa shape index (κ3) is 2.67. The van der Waals surface area contributed by atoms with Gasteiger partial charge in [0, 0.05) is 6.07 Å². The van der Waals surface area contributed by atoms with Gasteiger partial charge in [0.15, 0.2) is 18.2 Å². The molecule has 6 heteroatoms. The van der Waals surface area contributed by atoms with Crippen LogP contribution in [0.2, 0.25) is 0 Å². The number of amides is 1. The molecule has 1 amide bonds. The zero-order valence-corrected chi connectivity index (χ0v) is 7.09. The van der Waals surface area contributed by atoms with Crippen LogP contribution in [0.15, 0.2) is 18.2 Å². The first kappa shape index (κ1) is 10.4. The van der Waals surface area contributed by atoms with Crippen molar-refractivity contribution in [1.82, 2.24) is 5.43 Å². The van der Waals surface area contributed by atoms with Crippen LogP contribution >= 0.6 is 0 Å². The minimum Gasteiger partial charge on any atom is -0.481 e. The second-order valence-electron chi connectivity index (χ2n) is 2.43. The van der Waals surface area contributed by atoms with Gasteiger partial charge in [-0.2, -0.15) is 0 Å². The van der Waals surface area contributed by atoms with E-state index >= 15 is 0 Å². The van der Waals surface area contributed by atoms with E-state index in [0.717, 1.165) is 12.1 Å². The van der Waals surface area contributed by atoms with E-state index in [1.807, 2.05) is 0 Å². The van der Waals surface area contributed by atoms with E-state index in [-0.39, 0.29) is 5.75 Å².